The molecular formula is C22H35N3O4S. The Hall–Kier alpha value is -1.64. The van der Waals surface area contributed by atoms with Crippen LogP contribution in [0.25, 0.3) is 0 Å². The summed E-state index contributed by atoms with van der Waals surface area (Å²) in [6.45, 7) is 8.80. The Kier molecular flexibility index (Phi) is 7.76. The molecule has 3 rings (SSSR count). The number of piperidine rings is 1. The second-order valence-corrected chi connectivity index (χ2v) is 10.3. The topological polar surface area (TPSA) is 79.0 Å². The van der Waals surface area contributed by atoms with Crippen molar-refractivity contribution in [3.8, 4) is 0 Å². The Morgan fingerprint density at radius 2 is 1.73 bits per heavy atom. The van der Waals surface area contributed by atoms with E-state index in [1.54, 1.807) is 16.4 Å². The fourth-order valence-corrected chi connectivity index (χ4v) is 5.86. The number of carbonyl (C=O) groups excluding carboxylic acids is 1. The van der Waals surface area contributed by atoms with E-state index in [9.17, 15) is 13.2 Å². The first-order chi connectivity index (χ1) is 14.3. The van der Waals surface area contributed by atoms with Crippen molar-refractivity contribution in [3.05, 3.63) is 29.3 Å². The zero-order chi connectivity index (χ0) is 21.7. The van der Waals surface area contributed by atoms with Gasteiger partial charge >= 0.3 is 6.03 Å². The average molecular weight is 438 g/mol. The predicted octanol–water partition coefficient (Wildman–Crippen LogP) is 3.06. The molecule has 2 saturated heterocycles. The number of nitrogens with one attached hydrogen (secondary N) is 1. The zero-order valence-electron chi connectivity index (χ0n) is 18.4. The molecule has 0 bridgehead atoms. The van der Waals surface area contributed by atoms with Crippen LogP contribution in [0.15, 0.2) is 23.1 Å². The van der Waals surface area contributed by atoms with Gasteiger partial charge in [-0.15, -0.1) is 0 Å². The second kappa shape index (κ2) is 10.1. The van der Waals surface area contributed by atoms with E-state index in [0.29, 0.717) is 50.6 Å². The van der Waals surface area contributed by atoms with Gasteiger partial charge in [-0.05, 0) is 69.2 Å². The van der Waals surface area contributed by atoms with Crippen LogP contribution in [0.1, 0.15) is 50.2 Å². The van der Waals surface area contributed by atoms with Gasteiger partial charge in [-0.3, -0.25) is 0 Å². The van der Waals surface area contributed by atoms with E-state index >= 15 is 0 Å². The summed E-state index contributed by atoms with van der Waals surface area (Å²) in [5.41, 5.74) is 2.06. The lowest BCUT2D eigenvalue weighted by atomic mass is 9.99. The number of urea groups is 1. The van der Waals surface area contributed by atoms with Crippen molar-refractivity contribution in [2.24, 2.45) is 0 Å². The average Bonchev–Trinajstić information content (AvgIpc) is 2.75. The Balaban J connectivity index is 1.70. The van der Waals surface area contributed by atoms with Gasteiger partial charge in [-0.2, -0.15) is 4.31 Å². The third-order valence-electron chi connectivity index (χ3n) is 6.28. The smallest absolute Gasteiger partial charge is 0.317 e. The molecule has 1 aromatic rings. The third-order valence-corrected chi connectivity index (χ3v) is 8.17. The zero-order valence-corrected chi connectivity index (χ0v) is 19.2. The largest absolute Gasteiger partial charge is 0.381 e. The van der Waals surface area contributed by atoms with Crippen LogP contribution in [0.4, 0.5) is 4.79 Å². The molecule has 7 nitrogen and oxygen atoms in total. The molecule has 1 aromatic carbocycles. The van der Waals surface area contributed by atoms with Gasteiger partial charge in [0.1, 0.15) is 0 Å². The quantitative estimate of drug-likeness (QED) is 0.742. The second-order valence-electron chi connectivity index (χ2n) is 8.36. The van der Waals surface area contributed by atoms with Crippen molar-refractivity contribution < 1.29 is 17.9 Å². The number of ether oxygens (including phenoxy) is 1. The predicted molar refractivity (Wildman–Crippen MR) is 117 cm³/mol. The summed E-state index contributed by atoms with van der Waals surface area (Å²) in [5.74, 6) is 0. The highest BCUT2D eigenvalue weighted by molar-refractivity contribution is 7.89. The SMILES string of the molecule is CCCNC(=O)N(C1CCOCC1)C1CCN(S(=O)(=O)c2ccc(C)c(C)c2)CC1. The molecule has 2 aliphatic heterocycles. The van der Waals surface area contributed by atoms with Gasteiger partial charge in [0.25, 0.3) is 0 Å². The summed E-state index contributed by atoms with van der Waals surface area (Å²) in [6.07, 6.45) is 3.86. The van der Waals surface area contributed by atoms with Crippen LogP contribution < -0.4 is 5.32 Å². The molecule has 0 radical (unpaired) electrons. The number of benzene rings is 1. The molecule has 0 unspecified atom stereocenters. The van der Waals surface area contributed by atoms with E-state index in [0.717, 1.165) is 30.4 Å². The van der Waals surface area contributed by atoms with Gasteiger partial charge in [0.05, 0.1) is 4.90 Å². The molecule has 0 spiro atoms. The van der Waals surface area contributed by atoms with Crippen LogP contribution in [0.3, 0.4) is 0 Å². The van der Waals surface area contributed by atoms with Crippen molar-refractivity contribution in [3.63, 3.8) is 0 Å². The fraction of sp³-hybridized carbons (Fsp3) is 0.682. The maximum atomic E-state index is 13.1. The van der Waals surface area contributed by atoms with E-state index in [1.165, 1.54) is 0 Å². The van der Waals surface area contributed by atoms with Gasteiger partial charge in [-0.1, -0.05) is 13.0 Å². The Morgan fingerprint density at radius 3 is 2.33 bits per heavy atom. The number of aryl methyl sites for hydroxylation is 2. The molecule has 2 fully saturated rings. The van der Waals surface area contributed by atoms with Crippen LogP contribution in [0.5, 0.6) is 0 Å². The number of amides is 2. The van der Waals surface area contributed by atoms with Gasteiger partial charge in [0, 0.05) is 44.9 Å². The van der Waals surface area contributed by atoms with Crippen LogP contribution in [-0.2, 0) is 14.8 Å². The molecule has 2 amide bonds. The van der Waals surface area contributed by atoms with E-state index in [4.69, 9.17) is 4.74 Å². The number of hydrogen-bond donors (Lipinski definition) is 1. The summed E-state index contributed by atoms with van der Waals surface area (Å²) >= 11 is 0. The molecule has 30 heavy (non-hydrogen) atoms. The monoisotopic (exact) mass is 437 g/mol. The van der Waals surface area contributed by atoms with Crippen LogP contribution in [0.2, 0.25) is 0 Å². The standard InChI is InChI=1S/C22H35N3O4S/c1-4-11-23-22(26)25(20-9-14-29-15-10-20)19-7-12-24(13-8-19)30(27,28)21-6-5-17(2)18(3)16-21/h5-6,16,19-20H,4,7-15H2,1-3H3,(H,23,26). The lowest BCUT2D eigenvalue weighted by Gasteiger charge is -2.43. The number of hydrogen-bond acceptors (Lipinski definition) is 4. The minimum atomic E-state index is -3.52. The molecule has 2 aliphatic rings. The van der Waals surface area contributed by atoms with Crippen molar-refractivity contribution in [2.75, 3.05) is 32.8 Å². The lowest BCUT2D eigenvalue weighted by molar-refractivity contribution is 0.0255. The third kappa shape index (κ3) is 5.15. The first-order valence-corrected chi connectivity index (χ1v) is 12.5. The molecule has 0 saturated carbocycles. The van der Waals surface area contributed by atoms with Crippen LogP contribution >= 0.6 is 0 Å². The normalized spacial score (nSPS) is 19.6. The molecule has 0 aromatic heterocycles. The molecule has 168 valence electrons. The molecule has 2 heterocycles. The summed E-state index contributed by atoms with van der Waals surface area (Å²) in [6, 6.07) is 5.48. The first kappa shape index (κ1) is 23.0. The Bertz CT molecular complexity index is 829. The van der Waals surface area contributed by atoms with Crippen molar-refractivity contribution in [2.45, 2.75) is 69.9 Å². The van der Waals surface area contributed by atoms with Crippen molar-refractivity contribution >= 4 is 16.1 Å². The van der Waals surface area contributed by atoms with Crippen LogP contribution in [0, 0.1) is 13.8 Å². The highest BCUT2D eigenvalue weighted by Gasteiger charge is 2.36. The van der Waals surface area contributed by atoms with E-state index in [1.807, 2.05) is 31.7 Å². The molecular weight excluding hydrogens is 402 g/mol. The number of rotatable bonds is 6. The minimum absolute atomic E-state index is 0.0285. The molecule has 8 heteroatoms. The summed E-state index contributed by atoms with van der Waals surface area (Å²) in [4.78, 5) is 15.2. The Morgan fingerprint density at radius 1 is 1.10 bits per heavy atom. The minimum Gasteiger partial charge on any atom is -0.381 e. The summed E-state index contributed by atoms with van der Waals surface area (Å²) < 4.78 is 33.3. The highest BCUT2D eigenvalue weighted by Crippen LogP contribution is 2.27. The van der Waals surface area contributed by atoms with Crippen LogP contribution in [-0.4, -0.2) is 68.6 Å². The lowest BCUT2D eigenvalue weighted by Crippen LogP contribution is -2.56. The van der Waals surface area contributed by atoms with Gasteiger partial charge in [-0.25, -0.2) is 13.2 Å². The van der Waals surface area contributed by atoms with E-state index in [-0.39, 0.29) is 18.1 Å². The van der Waals surface area contributed by atoms with E-state index < -0.39 is 10.0 Å². The number of carbonyl (C=O) groups is 1. The Labute approximate surface area is 180 Å². The summed E-state index contributed by atoms with van der Waals surface area (Å²) in [7, 11) is -3.52. The van der Waals surface area contributed by atoms with Gasteiger partial charge in [0.15, 0.2) is 0 Å². The maximum absolute atomic E-state index is 13.1. The van der Waals surface area contributed by atoms with Crippen molar-refractivity contribution in [1.29, 1.82) is 0 Å². The molecule has 0 aliphatic carbocycles. The number of nitrogens with zero attached hydrogens (tertiary/aromatic N) is 2. The highest BCUT2D eigenvalue weighted by atomic mass is 32.2. The number of sulfonamides is 1. The molecule has 0 atom stereocenters. The summed E-state index contributed by atoms with van der Waals surface area (Å²) in [5, 5.41) is 3.02. The van der Waals surface area contributed by atoms with E-state index in [2.05, 4.69) is 5.32 Å². The maximum Gasteiger partial charge on any atom is 0.317 e. The fourth-order valence-electron chi connectivity index (χ4n) is 4.30. The molecule has 1 N–H and O–H groups in total. The van der Waals surface area contributed by atoms with Gasteiger partial charge in [0.2, 0.25) is 10.0 Å². The first-order valence-electron chi connectivity index (χ1n) is 11.1. The van der Waals surface area contributed by atoms with Crippen molar-refractivity contribution in [1.82, 2.24) is 14.5 Å². The van der Waals surface area contributed by atoms with Gasteiger partial charge < -0.3 is 15.0 Å².